The molecule has 1 aliphatic carbocycles. The Bertz CT molecular complexity index is 708. The minimum Gasteiger partial charge on any atom is -0.481 e. The Morgan fingerprint density at radius 1 is 1.15 bits per heavy atom. The molecule has 1 saturated carbocycles. The van der Waals surface area contributed by atoms with E-state index in [0.717, 1.165) is 56.3 Å². The first kappa shape index (κ1) is 17.4. The molecule has 0 atom stereocenters. The van der Waals surface area contributed by atoms with Crippen LogP contribution in [-0.4, -0.2) is 52.9 Å². The highest BCUT2D eigenvalue weighted by Gasteiger charge is 2.29. The number of nitrogens with zero attached hydrogens (tertiary/aromatic N) is 4. The molecule has 0 spiro atoms. The number of piperidine rings is 1. The summed E-state index contributed by atoms with van der Waals surface area (Å²) >= 11 is 0. The van der Waals surface area contributed by atoms with Crippen molar-refractivity contribution in [2.45, 2.75) is 50.7 Å². The third-order valence-electron chi connectivity index (χ3n) is 5.00. The third kappa shape index (κ3) is 4.59. The highest BCUT2D eigenvalue weighted by Crippen LogP contribution is 2.38. The van der Waals surface area contributed by atoms with Crippen molar-refractivity contribution in [3.63, 3.8) is 0 Å². The van der Waals surface area contributed by atoms with E-state index in [4.69, 9.17) is 14.0 Å². The van der Waals surface area contributed by atoms with E-state index in [1.165, 1.54) is 12.8 Å². The SMILES string of the molecule is COc1cccc(CN2CCC(OCCc3noc(C4CC4)n3)CC2)n1. The Morgan fingerprint density at radius 2 is 2.00 bits per heavy atom. The van der Waals surface area contributed by atoms with Gasteiger partial charge in [0.1, 0.15) is 0 Å². The summed E-state index contributed by atoms with van der Waals surface area (Å²) in [6.45, 7) is 3.57. The van der Waals surface area contributed by atoms with Gasteiger partial charge in [-0.05, 0) is 31.7 Å². The summed E-state index contributed by atoms with van der Waals surface area (Å²) in [5.41, 5.74) is 1.05. The molecule has 0 unspecified atom stereocenters. The number of hydrogen-bond donors (Lipinski definition) is 0. The fourth-order valence-corrected chi connectivity index (χ4v) is 3.30. The maximum atomic E-state index is 6.02. The molecule has 26 heavy (non-hydrogen) atoms. The van der Waals surface area contributed by atoms with Gasteiger partial charge < -0.3 is 14.0 Å². The molecular formula is C19H26N4O3. The maximum absolute atomic E-state index is 6.02. The molecule has 0 aromatic carbocycles. The summed E-state index contributed by atoms with van der Waals surface area (Å²) in [5.74, 6) is 2.76. The second kappa shape index (κ2) is 8.14. The lowest BCUT2D eigenvalue weighted by Gasteiger charge is -2.31. The van der Waals surface area contributed by atoms with Gasteiger partial charge in [-0.3, -0.25) is 4.90 Å². The van der Waals surface area contributed by atoms with E-state index in [-0.39, 0.29) is 0 Å². The Hall–Kier alpha value is -1.99. The molecule has 1 aliphatic heterocycles. The second-order valence-electron chi connectivity index (χ2n) is 7.09. The smallest absolute Gasteiger partial charge is 0.229 e. The van der Waals surface area contributed by atoms with E-state index < -0.39 is 0 Å². The lowest BCUT2D eigenvalue weighted by molar-refractivity contribution is 0.00650. The fraction of sp³-hybridized carbons (Fsp3) is 0.632. The number of methoxy groups -OCH3 is 1. The van der Waals surface area contributed by atoms with E-state index >= 15 is 0 Å². The van der Waals surface area contributed by atoms with Crippen molar-refractivity contribution in [1.29, 1.82) is 0 Å². The van der Waals surface area contributed by atoms with Crippen LogP contribution in [0.5, 0.6) is 5.88 Å². The van der Waals surface area contributed by atoms with Crippen LogP contribution in [0.25, 0.3) is 0 Å². The Labute approximate surface area is 153 Å². The van der Waals surface area contributed by atoms with Crippen molar-refractivity contribution in [2.24, 2.45) is 0 Å². The van der Waals surface area contributed by atoms with E-state index in [1.54, 1.807) is 7.11 Å². The van der Waals surface area contributed by atoms with Gasteiger partial charge in [0.15, 0.2) is 5.82 Å². The lowest BCUT2D eigenvalue weighted by atomic mass is 10.1. The van der Waals surface area contributed by atoms with Crippen LogP contribution in [0, 0.1) is 0 Å². The van der Waals surface area contributed by atoms with Crippen molar-refractivity contribution in [1.82, 2.24) is 20.0 Å². The van der Waals surface area contributed by atoms with Crippen molar-refractivity contribution in [2.75, 3.05) is 26.8 Å². The molecule has 1 saturated heterocycles. The molecule has 2 aromatic heterocycles. The first-order valence-corrected chi connectivity index (χ1v) is 9.46. The average molecular weight is 358 g/mol. The second-order valence-corrected chi connectivity index (χ2v) is 7.09. The zero-order valence-corrected chi connectivity index (χ0v) is 15.3. The summed E-state index contributed by atoms with van der Waals surface area (Å²) < 4.78 is 16.5. The fourth-order valence-electron chi connectivity index (χ4n) is 3.30. The highest BCUT2D eigenvalue weighted by molar-refractivity contribution is 5.15. The molecule has 4 rings (SSSR count). The quantitative estimate of drug-likeness (QED) is 0.718. The van der Waals surface area contributed by atoms with Crippen molar-refractivity contribution in [3.05, 3.63) is 35.6 Å². The predicted molar refractivity (Wildman–Crippen MR) is 95.0 cm³/mol. The summed E-state index contributed by atoms with van der Waals surface area (Å²) in [5, 5.41) is 4.04. The summed E-state index contributed by atoms with van der Waals surface area (Å²) in [7, 11) is 1.65. The maximum Gasteiger partial charge on any atom is 0.229 e. The summed E-state index contributed by atoms with van der Waals surface area (Å²) in [6.07, 6.45) is 5.50. The van der Waals surface area contributed by atoms with Crippen LogP contribution in [0.2, 0.25) is 0 Å². The van der Waals surface area contributed by atoms with Gasteiger partial charge in [-0.2, -0.15) is 4.98 Å². The van der Waals surface area contributed by atoms with Gasteiger partial charge in [0.25, 0.3) is 0 Å². The molecule has 0 amide bonds. The zero-order chi connectivity index (χ0) is 17.8. The number of pyridine rings is 1. The molecule has 2 aromatic rings. The lowest BCUT2D eigenvalue weighted by Crippen LogP contribution is -2.37. The first-order chi connectivity index (χ1) is 12.8. The monoisotopic (exact) mass is 358 g/mol. The molecule has 7 heteroatoms. The van der Waals surface area contributed by atoms with Gasteiger partial charge in [0, 0.05) is 38.0 Å². The molecule has 2 aliphatic rings. The third-order valence-corrected chi connectivity index (χ3v) is 5.00. The van der Waals surface area contributed by atoms with Crippen LogP contribution in [-0.2, 0) is 17.7 Å². The van der Waals surface area contributed by atoms with Gasteiger partial charge >= 0.3 is 0 Å². The van der Waals surface area contributed by atoms with Crippen LogP contribution in [0.15, 0.2) is 22.7 Å². The van der Waals surface area contributed by atoms with Crippen LogP contribution >= 0.6 is 0 Å². The molecular weight excluding hydrogens is 332 g/mol. The molecule has 0 N–H and O–H groups in total. The Morgan fingerprint density at radius 3 is 2.77 bits per heavy atom. The normalized spacial score (nSPS) is 19.0. The van der Waals surface area contributed by atoms with Gasteiger partial charge in [-0.25, -0.2) is 4.98 Å². The van der Waals surface area contributed by atoms with Crippen molar-refractivity contribution < 1.29 is 14.0 Å². The standard InChI is InChI=1S/C19H26N4O3/c1-24-18-4-2-3-15(20-18)13-23-10-7-16(8-11-23)25-12-9-17-21-19(26-22-17)14-5-6-14/h2-4,14,16H,5-13H2,1H3. The summed E-state index contributed by atoms with van der Waals surface area (Å²) in [4.78, 5) is 11.4. The number of likely N-dealkylation sites (tertiary alicyclic amines) is 1. The first-order valence-electron chi connectivity index (χ1n) is 9.46. The molecule has 140 valence electrons. The van der Waals surface area contributed by atoms with Gasteiger partial charge in [-0.1, -0.05) is 11.2 Å². The van der Waals surface area contributed by atoms with E-state index in [0.29, 0.717) is 24.5 Å². The van der Waals surface area contributed by atoms with Crippen LogP contribution < -0.4 is 4.74 Å². The minimum absolute atomic E-state index is 0.319. The zero-order valence-electron chi connectivity index (χ0n) is 15.3. The topological polar surface area (TPSA) is 73.5 Å². The number of aromatic nitrogens is 3. The predicted octanol–water partition coefficient (Wildman–Crippen LogP) is 2.57. The number of hydrogen-bond acceptors (Lipinski definition) is 7. The van der Waals surface area contributed by atoms with Crippen LogP contribution in [0.3, 0.4) is 0 Å². The molecule has 0 radical (unpaired) electrons. The number of rotatable bonds is 8. The van der Waals surface area contributed by atoms with Crippen LogP contribution in [0.1, 0.15) is 49.0 Å². The highest BCUT2D eigenvalue weighted by atomic mass is 16.5. The number of ether oxygens (including phenoxy) is 2. The van der Waals surface area contributed by atoms with Gasteiger partial charge in [-0.15, -0.1) is 0 Å². The molecule has 3 heterocycles. The molecule has 0 bridgehead atoms. The van der Waals surface area contributed by atoms with Crippen LogP contribution in [0.4, 0.5) is 0 Å². The Balaban J connectivity index is 1.16. The van der Waals surface area contributed by atoms with Gasteiger partial charge in [0.05, 0.1) is 25.5 Å². The van der Waals surface area contributed by atoms with Crippen molar-refractivity contribution >= 4 is 0 Å². The van der Waals surface area contributed by atoms with E-state index in [9.17, 15) is 0 Å². The van der Waals surface area contributed by atoms with Gasteiger partial charge in [0.2, 0.25) is 11.8 Å². The van der Waals surface area contributed by atoms with E-state index in [2.05, 4.69) is 20.0 Å². The largest absolute Gasteiger partial charge is 0.481 e. The Kier molecular flexibility index (Phi) is 5.45. The van der Waals surface area contributed by atoms with E-state index in [1.807, 2.05) is 18.2 Å². The minimum atomic E-state index is 0.319. The molecule has 7 nitrogen and oxygen atoms in total. The summed E-state index contributed by atoms with van der Waals surface area (Å²) in [6, 6.07) is 5.91. The van der Waals surface area contributed by atoms with Crippen molar-refractivity contribution in [3.8, 4) is 5.88 Å². The average Bonchev–Trinajstić information content (AvgIpc) is 3.42. The molecule has 2 fully saturated rings.